The van der Waals surface area contributed by atoms with Crippen LogP contribution in [0.15, 0.2) is 0 Å². The summed E-state index contributed by atoms with van der Waals surface area (Å²) in [5, 5.41) is 9.11. The van der Waals surface area contributed by atoms with E-state index >= 15 is 0 Å². The zero-order valence-corrected chi connectivity index (χ0v) is 10.4. The average Bonchev–Trinajstić information content (AvgIpc) is 2.97. The van der Waals surface area contributed by atoms with Crippen molar-refractivity contribution >= 4 is 11.9 Å². The maximum absolute atomic E-state index is 12.3. The molecule has 0 aliphatic heterocycles. The lowest BCUT2D eigenvalue weighted by Crippen LogP contribution is -2.40. The van der Waals surface area contributed by atoms with Gasteiger partial charge in [0.2, 0.25) is 5.91 Å². The van der Waals surface area contributed by atoms with Crippen molar-refractivity contribution in [3.8, 4) is 0 Å². The standard InChI is InChI=1S/C13H21NO3/c1-2-14(8-9-6-7-9)12(15)10-4-3-5-11(10)13(16)17/h9-11H,2-8H2,1H3,(H,16,17). The summed E-state index contributed by atoms with van der Waals surface area (Å²) in [5.74, 6) is -0.779. The van der Waals surface area contributed by atoms with Crippen LogP contribution in [0.2, 0.25) is 0 Å². The highest BCUT2D eigenvalue weighted by Gasteiger charge is 2.40. The number of rotatable bonds is 5. The first-order valence-electron chi connectivity index (χ1n) is 6.65. The van der Waals surface area contributed by atoms with Crippen molar-refractivity contribution in [2.75, 3.05) is 13.1 Å². The van der Waals surface area contributed by atoms with Crippen LogP contribution in [0.4, 0.5) is 0 Å². The van der Waals surface area contributed by atoms with Crippen molar-refractivity contribution in [3.05, 3.63) is 0 Å². The second kappa shape index (κ2) is 5.07. The summed E-state index contributed by atoms with van der Waals surface area (Å²) in [4.78, 5) is 25.3. The fourth-order valence-electron chi connectivity index (χ4n) is 2.77. The fraction of sp³-hybridized carbons (Fsp3) is 0.846. The van der Waals surface area contributed by atoms with Crippen LogP contribution in [0.1, 0.15) is 39.0 Å². The number of hydrogen-bond donors (Lipinski definition) is 1. The number of carbonyl (C=O) groups is 2. The second-order valence-electron chi connectivity index (χ2n) is 5.30. The Morgan fingerprint density at radius 1 is 1.18 bits per heavy atom. The summed E-state index contributed by atoms with van der Waals surface area (Å²) in [6.07, 6.45) is 4.71. The van der Waals surface area contributed by atoms with E-state index in [1.54, 1.807) is 0 Å². The van der Waals surface area contributed by atoms with Gasteiger partial charge < -0.3 is 10.0 Å². The minimum atomic E-state index is -0.802. The molecule has 2 unspecified atom stereocenters. The van der Waals surface area contributed by atoms with Crippen molar-refractivity contribution in [2.45, 2.75) is 39.0 Å². The first kappa shape index (κ1) is 12.4. The van der Waals surface area contributed by atoms with Gasteiger partial charge >= 0.3 is 5.97 Å². The van der Waals surface area contributed by atoms with Crippen molar-refractivity contribution in [3.63, 3.8) is 0 Å². The van der Waals surface area contributed by atoms with Gasteiger partial charge in [-0.2, -0.15) is 0 Å². The zero-order valence-electron chi connectivity index (χ0n) is 10.4. The molecule has 4 heteroatoms. The van der Waals surface area contributed by atoms with Crippen LogP contribution >= 0.6 is 0 Å². The van der Waals surface area contributed by atoms with Gasteiger partial charge in [0, 0.05) is 13.1 Å². The van der Waals surface area contributed by atoms with E-state index in [4.69, 9.17) is 5.11 Å². The molecule has 0 aromatic rings. The Balaban J connectivity index is 1.98. The smallest absolute Gasteiger partial charge is 0.307 e. The molecule has 2 aliphatic carbocycles. The van der Waals surface area contributed by atoms with Crippen LogP contribution in [0, 0.1) is 17.8 Å². The molecule has 17 heavy (non-hydrogen) atoms. The lowest BCUT2D eigenvalue weighted by molar-refractivity contribution is -0.149. The van der Waals surface area contributed by atoms with Gasteiger partial charge in [0.25, 0.3) is 0 Å². The van der Waals surface area contributed by atoms with Crippen molar-refractivity contribution in [1.82, 2.24) is 4.90 Å². The largest absolute Gasteiger partial charge is 0.481 e. The van der Waals surface area contributed by atoms with Crippen LogP contribution in [0.25, 0.3) is 0 Å². The maximum atomic E-state index is 12.3. The van der Waals surface area contributed by atoms with Crippen molar-refractivity contribution < 1.29 is 14.7 Å². The van der Waals surface area contributed by atoms with E-state index in [1.165, 1.54) is 12.8 Å². The summed E-state index contributed by atoms with van der Waals surface area (Å²) in [6.45, 7) is 3.52. The number of hydrogen-bond acceptors (Lipinski definition) is 2. The number of amides is 1. The van der Waals surface area contributed by atoms with E-state index in [0.717, 1.165) is 19.4 Å². The Labute approximate surface area is 102 Å². The average molecular weight is 239 g/mol. The van der Waals surface area contributed by atoms with Gasteiger partial charge in [-0.1, -0.05) is 6.42 Å². The van der Waals surface area contributed by atoms with Gasteiger partial charge in [-0.25, -0.2) is 0 Å². The summed E-state index contributed by atoms with van der Waals surface area (Å²) in [6, 6.07) is 0. The minimum Gasteiger partial charge on any atom is -0.481 e. The molecule has 4 nitrogen and oxygen atoms in total. The predicted octanol–water partition coefficient (Wildman–Crippen LogP) is 1.75. The zero-order chi connectivity index (χ0) is 12.4. The molecule has 96 valence electrons. The molecule has 2 saturated carbocycles. The summed E-state index contributed by atoms with van der Waals surface area (Å²) < 4.78 is 0. The lowest BCUT2D eigenvalue weighted by Gasteiger charge is -2.26. The van der Waals surface area contributed by atoms with E-state index in [9.17, 15) is 9.59 Å². The Kier molecular flexibility index (Phi) is 3.69. The van der Waals surface area contributed by atoms with Gasteiger partial charge in [-0.05, 0) is 38.5 Å². The van der Waals surface area contributed by atoms with Crippen molar-refractivity contribution in [1.29, 1.82) is 0 Å². The van der Waals surface area contributed by atoms with E-state index < -0.39 is 11.9 Å². The SMILES string of the molecule is CCN(CC1CC1)C(=O)C1CCCC1C(=O)O. The minimum absolute atomic E-state index is 0.0734. The lowest BCUT2D eigenvalue weighted by atomic mass is 9.94. The quantitative estimate of drug-likeness (QED) is 0.795. The highest BCUT2D eigenvalue weighted by molar-refractivity contribution is 5.85. The molecule has 0 heterocycles. The highest BCUT2D eigenvalue weighted by Crippen LogP contribution is 2.35. The normalized spacial score (nSPS) is 28.1. The number of aliphatic carboxylic acids is 1. The number of nitrogens with zero attached hydrogens (tertiary/aromatic N) is 1. The van der Waals surface area contributed by atoms with Gasteiger partial charge in [0.15, 0.2) is 0 Å². The Morgan fingerprint density at radius 2 is 1.82 bits per heavy atom. The third-order valence-corrected chi connectivity index (χ3v) is 4.02. The Morgan fingerprint density at radius 3 is 2.35 bits per heavy atom. The highest BCUT2D eigenvalue weighted by atomic mass is 16.4. The van der Waals surface area contributed by atoms with Gasteiger partial charge in [-0.15, -0.1) is 0 Å². The topological polar surface area (TPSA) is 57.6 Å². The van der Waals surface area contributed by atoms with Crippen LogP contribution in [-0.4, -0.2) is 35.0 Å². The van der Waals surface area contributed by atoms with Crippen molar-refractivity contribution in [2.24, 2.45) is 17.8 Å². The first-order chi connectivity index (χ1) is 8.13. The van der Waals surface area contributed by atoms with E-state index in [0.29, 0.717) is 18.9 Å². The Hall–Kier alpha value is -1.06. The molecule has 0 radical (unpaired) electrons. The second-order valence-corrected chi connectivity index (χ2v) is 5.30. The predicted molar refractivity (Wildman–Crippen MR) is 63.4 cm³/mol. The summed E-state index contributed by atoms with van der Waals surface area (Å²) in [7, 11) is 0. The molecule has 1 amide bonds. The van der Waals surface area contributed by atoms with E-state index in [1.807, 2.05) is 11.8 Å². The van der Waals surface area contributed by atoms with Crippen LogP contribution in [0.5, 0.6) is 0 Å². The molecular formula is C13H21NO3. The molecule has 0 saturated heterocycles. The molecular weight excluding hydrogens is 218 g/mol. The van der Waals surface area contributed by atoms with E-state index in [2.05, 4.69) is 0 Å². The third kappa shape index (κ3) is 2.79. The number of carboxylic acids is 1. The third-order valence-electron chi connectivity index (χ3n) is 4.02. The molecule has 0 spiro atoms. The molecule has 2 atom stereocenters. The molecule has 0 bridgehead atoms. The van der Waals surface area contributed by atoms with Gasteiger partial charge in [-0.3, -0.25) is 9.59 Å². The summed E-state index contributed by atoms with van der Waals surface area (Å²) in [5.41, 5.74) is 0. The van der Waals surface area contributed by atoms with Crippen LogP contribution in [0.3, 0.4) is 0 Å². The van der Waals surface area contributed by atoms with Gasteiger partial charge in [0.05, 0.1) is 11.8 Å². The maximum Gasteiger partial charge on any atom is 0.307 e. The summed E-state index contributed by atoms with van der Waals surface area (Å²) >= 11 is 0. The Bertz CT molecular complexity index is 312. The monoisotopic (exact) mass is 239 g/mol. The van der Waals surface area contributed by atoms with Gasteiger partial charge in [0.1, 0.15) is 0 Å². The van der Waals surface area contributed by atoms with E-state index in [-0.39, 0.29) is 11.8 Å². The molecule has 1 N–H and O–H groups in total. The number of carboxylic acid groups (broad SMARTS) is 1. The fourth-order valence-corrected chi connectivity index (χ4v) is 2.77. The molecule has 0 aromatic heterocycles. The molecule has 2 fully saturated rings. The first-order valence-corrected chi connectivity index (χ1v) is 6.65. The van der Waals surface area contributed by atoms with Crippen LogP contribution < -0.4 is 0 Å². The van der Waals surface area contributed by atoms with Crippen LogP contribution in [-0.2, 0) is 9.59 Å². The molecule has 0 aromatic carbocycles. The number of carbonyl (C=O) groups excluding carboxylic acids is 1. The molecule has 2 aliphatic rings. The molecule has 2 rings (SSSR count).